The third-order valence-electron chi connectivity index (χ3n) is 2.97. The van der Waals surface area contributed by atoms with Crippen LogP contribution in [0, 0.1) is 0 Å². The lowest BCUT2D eigenvalue weighted by Gasteiger charge is -2.43. The van der Waals surface area contributed by atoms with Crippen molar-refractivity contribution in [1.29, 1.82) is 0 Å². The van der Waals surface area contributed by atoms with Crippen LogP contribution in [-0.4, -0.2) is 56.9 Å². The molecule has 0 amide bonds. The summed E-state index contributed by atoms with van der Waals surface area (Å²) in [5.41, 5.74) is 0. The van der Waals surface area contributed by atoms with Crippen molar-refractivity contribution in [3.63, 3.8) is 0 Å². The van der Waals surface area contributed by atoms with Gasteiger partial charge in [0.25, 0.3) is 0 Å². The average Bonchev–Trinajstić information content (AvgIpc) is 2.14. The topological polar surface area (TPSA) is 21.7 Å². The molecule has 0 aromatic heterocycles. The summed E-state index contributed by atoms with van der Waals surface area (Å²) < 4.78 is 13.4. The zero-order valence-corrected chi connectivity index (χ0v) is 16.4. The van der Waals surface area contributed by atoms with Gasteiger partial charge in [0.2, 0.25) is 0 Å². The van der Waals surface area contributed by atoms with Crippen molar-refractivity contribution in [2.75, 3.05) is 20.8 Å². The number of rotatable bonds is 8. The van der Waals surface area contributed by atoms with Crippen LogP contribution < -0.4 is 0 Å². The average molecular weight is 294 g/mol. The van der Waals surface area contributed by atoms with Crippen molar-refractivity contribution in [2.45, 2.75) is 51.2 Å². The lowest BCUT2D eigenvalue weighted by Crippen LogP contribution is -2.59. The third-order valence-corrected chi connectivity index (χ3v) is 12.5. The predicted octanol–water partition coefficient (Wildman–Crippen LogP) is 2.12. The van der Waals surface area contributed by atoms with Crippen molar-refractivity contribution in [3.8, 4) is 0 Å². The fourth-order valence-corrected chi connectivity index (χ4v) is 14.1. The fourth-order valence-electron chi connectivity index (χ4n) is 2.43. The number of hydrogen-bond donors (Lipinski definition) is 0. The van der Waals surface area contributed by atoms with E-state index >= 15 is 0 Å². The summed E-state index contributed by atoms with van der Waals surface area (Å²) in [6.45, 7) is 16.0. The van der Waals surface area contributed by atoms with Crippen LogP contribution in [0.15, 0.2) is 0 Å². The highest BCUT2D eigenvalue weighted by Crippen LogP contribution is 2.20. The highest BCUT2D eigenvalue weighted by Gasteiger charge is 2.33. The Morgan fingerprint density at radius 2 is 1.35 bits per heavy atom. The number of nitrogens with zero attached hydrogens (tertiary/aromatic N) is 1. The van der Waals surface area contributed by atoms with Crippen LogP contribution in [0.2, 0.25) is 45.3 Å². The fraction of sp³-hybridized carbons (Fsp3) is 1.00. The van der Waals surface area contributed by atoms with Crippen LogP contribution in [0.25, 0.3) is 0 Å². The molecule has 0 spiro atoms. The summed E-state index contributed by atoms with van der Waals surface area (Å²) in [5, 5.41) is 0. The maximum Gasteiger partial charge on any atom is 0.134 e. The molecule has 0 rings (SSSR count). The van der Waals surface area contributed by atoms with Gasteiger partial charge in [0.15, 0.2) is 0 Å². The summed E-state index contributed by atoms with van der Waals surface area (Å²) in [7, 11) is 0.859. The second kappa shape index (κ2) is 7.20. The first-order chi connectivity index (χ1) is 7.62. The summed E-state index contributed by atoms with van der Waals surface area (Å²) in [6, 6.07) is 1.29. The van der Waals surface area contributed by atoms with Crippen molar-refractivity contribution >= 4 is 26.0 Å². The van der Waals surface area contributed by atoms with E-state index in [1.807, 2.05) is 0 Å². The molecule has 0 aliphatic heterocycles. The zero-order valence-electron chi connectivity index (χ0n) is 13.0. The molecule has 0 heterocycles. The van der Waals surface area contributed by atoms with E-state index in [4.69, 9.17) is 9.47 Å². The van der Waals surface area contributed by atoms with E-state index in [2.05, 4.69) is 43.5 Å². The number of methoxy groups -OCH3 is 2. The molecular formula is C11H31NO2Si3. The van der Waals surface area contributed by atoms with Crippen LogP contribution in [0.1, 0.15) is 0 Å². The summed E-state index contributed by atoms with van der Waals surface area (Å²) >= 11 is 0. The summed E-state index contributed by atoms with van der Waals surface area (Å²) in [5.74, 6) is 0.0973. The number of ether oxygens (including phenoxy) is 2. The van der Waals surface area contributed by atoms with Gasteiger partial charge in [-0.1, -0.05) is 39.3 Å². The van der Waals surface area contributed by atoms with Crippen LogP contribution in [0.3, 0.4) is 0 Å². The quantitative estimate of drug-likeness (QED) is 0.505. The second-order valence-electron chi connectivity index (χ2n) is 6.54. The van der Waals surface area contributed by atoms with E-state index in [0.29, 0.717) is 0 Å². The van der Waals surface area contributed by atoms with E-state index < -0.39 is 16.5 Å². The van der Waals surface area contributed by atoms with Crippen LogP contribution >= 0.6 is 0 Å². The normalized spacial score (nSPS) is 14.5. The molecule has 17 heavy (non-hydrogen) atoms. The van der Waals surface area contributed by atoms with Crippen molar-refractivity contribution in [3.05, 3.63) is 0 Å². The first-order valence-electron chi connectivity index (χ1n) is 6.46. The molecule has 3 nitrogen and oxygen atoms in total. The van der Waals surface area contributed by atoms with E-state index in [1.165, 1.54) is 12.6 Å². The van der Waals surface area contributed by atoms with Gasteiger partial charge < -0.3 is 13.7 Å². The molecule has 104 valence electrons. The molecule has 0 aliphatic carbocycles. The van der Waals surface area contributed by atoms with Gasteiger partial charge in [-0.3, -0.25) is 0 Å². The molecule has 0 aliphatic rings. The maximum absolute atomic E-state index is 5.30. The van der Waals surface area contributed by atoms with Gasteiger partial charge in [-0.15, -0.1) is 0 Å². The van der Waals surface area contributed by atoms with Gasteiger partial charge >= 0.3 is 0 Å². The Hall–Kier alpha value is 0.531. The monoisotopic (exact) mass is 293 g/mol. The Bertz CT molecular complexity index is 196. The van der Waals surface area contributed by atoms with Crippen molar-refractivity contribution in [1.82, 2.24) is 4.23 Å². The van der Waals surface area contributed by atoms with E-state index in [-0.39, 0.29) is 15.4 Å². The van der Waals surface area contributed by atoms with E-state index in [0.717, 1.165) is 0 Å². The molecule has 0 unspecified atom stereocenters. The lowest BCUT2D eigenvalue weighted by atomic mass is 10.8. The summed E-state index contributed by atoms with van der Waals surface area (Å²) in [4.78, 5) is 0. The van der Waals surface area contributed by atoms with Crippen LogP contribution in [0.5, 0.6) is 0 Å². The molecule has 0 atom stereocenters. The molecule has 0 fully saturated rings. The molecular weight excluding hydrogens is 262 g/mol. The molecule has 6 heteroatoms. The smallest absolute Gasteiger partial charge is 0.134 e. The van der Waals surface area contributed by atoms with Gasteiger partial charge in [-0.2, -0.15) is 0 Å². The minimum atomic E-state index is -1.18. The van der Waals surface area contributed by atoms with Gasteiger partial charge in [0.1, 0.15) is 22.4 Å². The SMILES string of the molecule is COC(OC)[SiH2]CCN([Si](C)(C)C)[Si](C)(C)C. The lowest BCUT2D eigenvalue weighted by molar-refractivity contribution is -0.0441. The van der Waals surface area contributed by atoms with Crippen molar-refractivity contribution < 1.29 is 9.47 Å². The first kappa shape index (κ1) is 17.5. The molecule has 0 saturated heterocycles. The first-order valence-corrected chi connectivity index (χ1v) is 15.2. The van der Waals surface area contributed by atoms with Gasteiger partial charge in [-0.05, 0) is 12.6 Å². The van der Waals surface area contributed by atoms with E-state index in [9.17, 15) is 0 Å². The Morgan fingerprint density at radius 1 is 0.941 bits per heavy atom. The van der Waals surface area contributed by atoms with E-state index in [1.54, 1.807) is 14.2 Å². The molecule has 0 aromatic rings. The Balaban J connectivity index is 4.30. The molecule has 0 radical (unpaired) electrons. The van der Waals surface area contributed by atoms with Gasteiger partial charge in [0.05, 0.1) is 9.52 Å². The molecule has 0 saturated carbocycles. The van der Waals surface area contributed by atoms with Gasteiger partial charge in [-0.25, -0.2) is 0 Å². The maximum atomic E-state index is 5.30. The Morgan fingerprint density at radius 3 is 1.65 bits per heavy atom. The van der Waals surface area contributed by atoms with Crippen LogP contribution in [-0.2, 0) is 9.47 Å². The largest absolute Gasteiger partial charge is 0.360 e. The predicted molar refractivity (Wildman–Crippen MR) is 84.6 cm³/mol. The van der Waals surface area contributed by atoms with Crippen molar-refractivity contribution in [2.24, 2.45) is 0 Å². The third kappa shape index (κ3) is 6.88. The minimum Gasteiger partial charge on any atom is -0.360 e. The highest BCUT2D eigenvalue weighted by atomic mass is 28.4. The van der Waals surface area contributed by atoms with Crippen LogP contribution in [0.4, 0.5) is 0 Å². The Labute approximate surface area is 112 Å². The summed E-state index contributed by atoms with van der Waals surface area (Å²) in [6.07, 6.45) is 0. The highest BCUT2D eigenvalue weighted by molar-refractivity contribution is 6.89. The molecule has 0 bridgehead atoms. The zero-order chi connectivity index (χ0) is 13.7. The standard InChI is InChI=1S/C11H31NO2Si3/c1-13-11(14-2)15-10-9-12(16(3,4)5)17(6,7)8/h11H,9-10,15H2,1-8H3. The molecule has 0 aromatic carbocycles. The van der Waals surface area contributed by atoms with Gasteiger partial charge in [0, 0.05) is 14.2 Å². The Kier molecular flexibility index (Phi) is 7.43. The minimum absolute atomic E-state index is 0.0973. The number of hydrogen-bond acceptors (Lipinski definition) is 3. The molecule has 0 N–H and O–H groups in total. The second-order valence-corrected chi connectivity index (χ2v) is 18.7.